The largest absolute Gasteiger partial charge is 5.00 e. The minimum atomic E-state index is 0. The van der Waals surface area contributed by atoms with Gasteiger partial charge >= 0.3 is 19.5 Å². The van der Waals surface area contributed by atoms with Crippen molar-refractivity contribution in [3.05, 3.63) is 70.1 Å². The van der Waals surface area contributed by atoms with E-state index in [1.807, 2.05) is 31.3 Å². The molecule has 0 unspecified atom stereocenters. The number of H-pyrrole nitrogens is 1. The third-order valence-corrected chi connectivity index (χ3v) is 0.746. The van der Waals surface area contributed by atoms with E-state index in [1.54, 1.807) is 26.8 Å². The number of aromatic nitrogens is 1. The van der Waals surface area contributed by atoms with Gasteiger partial charge in [-0.3, -0.25) is 6.58 Å². The van der Waals surface area contributed by atoms with Crippen LogP contribution in [0.3, 0.4) is 0 Å². The molecule has 0 amide bonds. The standard InChI is InChI=1S/C5H7.C4H4N.3C2H5.Ru/c1-3-5-4-2;1-2-4-5-3-1;3*1-2;/h1,3-5H,2H3;1-3,5H;3*1H2,2H3;/q5*-1;+5. The third kappa shape index (κ3) is 67.6. The summed E-state index contributed by atoms with van der Waals surface area (Å²) in [6.45, 7) is 21.8. The predicted octanol–water partition coefficient (Wildman–Crippen LogP) is 4.89. The fraction of sp³-hybridized carbons (Fsp3) is 0.267. The molecule has 0 aliphatic heterocycles. The molecule has 2 heteroatoms. The van der Waals surface area contributed by atoms with Crippen molar-refractivity contribution in [2.45, 2.75) is 27.7 Å². The molecule has 1 aromatic rings. The summed E-state index contributed by atoms with van der Waals surface area (Å²) in [5.74, 6) is 0. The SMILES string of the molecule is [CH-]=CC=CC.[CH2-]C.[CH2-]C.[CH2-]C.[Ru+5].[c-]1ccc[nH]1. The van der Waals surface area contributed by atoms with Crippen molar-refractivity contribution in [3.63, 3.8) is 0 Å². The van der Waals surface area contributed by atoms with Gasteiger partial charge in [-0.2, -0.15) is 45.2 Å². The van der Waals surface area contributed by atoms with E-state index in [9.17, 15) is 0 Å². The first-order valence-corrected chi connectivity index (χ1v) is 5.19. The molecule has 1 radical (unpaired) electrons. The van der Waals surface area contributed by atoms with E-state index in [1.165, 1.54) is 6.08 Å². The van der Waals surface area contributed by atoms with E-state index in [0.717, 1.165) is 0 Å². The van der Waals surface area contributed by atoms with Gasteiger partial charge in [0.25, 0.3) is 0 Å². The monoisotopic (exact) mass is 322 g/mol. The second-order valence-electron chi connectivity index (χ2n) is 1.53. The Hall–Kier alpha value is -0.617. The molecule has 0 fully saturated rings. The van der Waals surface area contributed by atoms with Crippen LogP contribution in [0, 0.1) is 33.5 Å². The maximum atomic E-state index is 4.93. The molecular weight excluding hydrogens is 295 g/mol. The van der Waals surface area contributed by atoms with Crippen LogP contribution in [0.5, 0.6) is 0 Å². The van der Waals surface area contributed by atoms with Crippen LogP contribution in [0.4, 0.5) is 0 Å². The molecular formula is C15H26NRu. The first-order valence-electron chi connectivity index (χ1n) is 5.19. The van der Waals surface area contributed by atoms with Crippen LogP contribution < -0.4 is 0 Å². The molecule has 1 rings (SSSR count). The number of nitrogens with one attached hydrogen (secondary N) is 1. The van der Waals surface area contributed by atoms with E-state index in [-0.39, 0.29) is 19.5 Å². The van der Waals surface area contributed by atoms with Gasteiger partial charge in [-0.25, -0.2) is 12.2 Å². The second kappa shape index (κ2) is 58.4. The Morgan fingerprint density at radius 3 is 1.65 bits per heavy atom. The number of rotatable bonds is 1. The van der Waals surface area contributed by atoms with Gasteiger partial charge in [0.05, 0.1) is 0 Å². The van der Waals surface area contributed by atoms with Gasteiger partial charge in [-0.15, -0.1) is 6.20 Å². The summed E-state index contributed by atoms with van der Waals surface area (Å²) in [5.41, 5.74) is 0. The number of allylic oxidation sites excluding steroid dienone is 3. The van der Waals surface area contributed by atoms with E-state index < -0.39 is 0 Å². The molecule has 0 aromatic carbocycles. The van der Waals surface area contributed by atoms with Crippen LogP contribution in [0.15, 0.2) is 36.6 Å². The average Bonchev–Trinajstić information content (AvgIpc) is 2.97. The molecule has 99 valence electrons. The topological polar surface area (TPSA) is 15.8 Å². The zero-order chi connectivity index (χ0) is 13.7. The van der Waals surface area contributed by atoms with Crippen molar-refractivity contribution >= 4 is 0 Å². The molecule has 0 atom stereocenters. The Kier molecular flexibility index (Phi) is 103. The number of hydrogen-bond donors (Lipinski definition) is 1. The van der Waals surface area contributed by atoms with Crippen LogP contribution in [0.25, 0.3) is 0 Å². The van der Waals surface area contributed by atoms with Crippen LogP contribution in [0.1, 0.15) is 27.7 Å². The molecule has 1 nitrogen and oxygen atoms in total. The summed E-state index contributed by atoms with van der Waals surface area (Å²) in [5, 5.41) is 0. The molecule has 0 saturated carbocycles. The number of hydrogen-bond acceptors (Lipinski definition) is 0. The van der Waals surface area contributed by atoms with Crippen LogP contribution in [-0.4, -0.2) is 4.98 Å². The van der Waals surface area contributed by atoms with Crippen LogP contribution in [0.2, 0.25) is 0 Å². The van der Waals surface area contributed by atoms with Crippen molar-refractivity contribution in [2.24, 2.45) is 0 Å². The summed E-state index contributed by atoms with van der Waals surface area (Å²) in [7, 11) is 0. The Bertz CT molecular complexity index is 150. The van der Waals surface area contributed by atoms with Gasteiger partial charge in [-0.05, 0) is 0 Å². The van der Waals surface area contributed by atoms with Gasteiger partial charge in [0.1, 0.15) is 0 Å². The summed E-state index contributed by atoms with van der Waals surface area (Å²) in [4.78, 5) is 2.74. The fourth-order valence-corrected chi connectivity index (χ4v) is 0.352. The van der Waals surface area contributed by atoms with E-state index in [4.69, 9.17) is 6.58 Å². The molecule has 0 bridgehead atoms. The first-order chi connectivity index (χ1) is 7.91. The minimum Gasteiger partial charge on any atom is -0.484 e. The summed E-state index contributed by atoms with van der Waals surface area (Å²) in [6.07, 6.45) is 9.71. The van der Waals surface area contributed by atoms with Crippen molar-refractivity contribution in [2.75, 3.05) is 0 Å². The summed E-state index contributed by atoms with van der Waals surface area (Å²) >= 11 is 0. The predicted molar refractivity (Wildman–Crippen MR) is 76.4 cm³/mol. The smallest absolute Gasteiger partial charge is 0.484 e. The van der Waals surface area contributed by atoms with E-state index >= 15 is 0 Å². The fourth-order valence-electron chi connectivity index (χ4n) is 0.352. The Labute approximate surface area is 122 Å². The molecule has 1 heterocycles. The first kappa shape index (κ1) is 29.9. The van der Waals surface area contributed by atoms with Gasteiger partial charge in [0.2, 0.25) is 0 Å². The number of aromatic amines is 1. The van der Waals surface area contributed by atoms with E-state index in [2.05, 4.69) is 32.0 Å². The molecule has 1 aromatic heterocycles. The van der Waals surface area contributed by atoms with Crippen molar-refractivity contribution in [3.8, 4) is 0 Å². The van der Waals surface area contributed by atoms with Crippen molar-refractivity contribution in [1.29, 1.82) is 0 Å². The van der Waals surface area contributed by atoms with Gasteiger partial charge in [0.15, 0.2) is 0 Å². The van der Waals surface area contributed by atoms with Gasteiger partial charge in [0, 0.05) is 0 Å². The van der Waals surface area contributed by atoms with Crippen LogP contribution in [-0.2, 0) is 19.5 Å². The van der Waals surface area contributed by atoms with Crippen molar-refractivity contribution < 1.29 is 19.5 Å². The molecule has 0 spiro atoms. The van der Waals surface area contributed by atoms with Gasteiger partial charge < -0.3 is 25.8 Å². The second-order valence-corrected chi connectivity index (χ2v) is 1.53. The Morgan fingerprint density at radius 1 is 1.12 bits per heavy atom. The van der Waals surface area contributed by atoms with Crippen LogP contribution >= 0.6 is 0 Å². The zero-order valence-corrected chi connectivity index (χ0v) is 13.3. The zero-order valence-electron chi connectivity index (χ0n) is 11.5. The maximum absolute atomic E-state index is 4.93. The minimum absolute atomic E-state index is 0. The van der Waals surface area contributed by atoms with Gasteiger partial charge in [-0.1, -0.05) is 6.92 Å². The maximum Gasteiger partial charge on any atom is 5.00 e. The van der Waals surface area contributed by atoms with Crippen molar-refractivity contribution in [1.82, 2.24) is 4.98 Å². The quantitative estimate of drug-likeness (QED) is 0.431. The molecule has 0 aliphatic carbocycles. The Morgan fingerprint density at radius 2 is 1.59 bits per heavy atom. The molecule has 1 N–H and O–H groups in total. The molecule has 0 aliphatic rings. The third-order valence-electron chi connectivity index (χ3n) is 0.746. The average molecular weight is 321 g/mol. The molecule has 17 heavy (non-hydrogen) atoms. The summed E-state index contributed by atoms with van der Waals surface area (Å²) < 4.78 is 0. The normalized spacial score (nSPS) is 6.06. The Balaban J connectivity index is -0.0000000380. The summed E-state index contributed by atoms with van der Waals surface area (Å²) in [6, 6.07) is 3.71. The van der Waals surface area contributed by atoms with E-state index in [0.29, 0.717) is 0 Å². The molecule has 0 saturated heterocycles.